The van der Waals surface area contributed by atoms with Gasteiger partial charge in [-0.2, -0.15) is 0 Å². The van der Waals surface area contributed by atoms with Crippen LogP contribution in [0, 0.1) is 23.6 Å². The van der Waals surface area contributed by atoms with Gasteiger partial charge in [0.1, 0.15) is 23.7 Å². The molecule has 2 atom stereocenters. The van der Waals surface area contributed by atoms with E-state index in [0.29, 0.717) is 64.6 Å². The van der Waals surface area contributed by atoms with Gasteiger partial charge in [-0.3, -0.25) is 4.79 Å². The molecule has 0 bridgehead atoms. The first-order chi connectivity index (χ1) is 14.6. The number of fused-ring (bicyclic) bond motifs is 2. The summed E-state index contributed by atoms with van der Waals surface area (Å²) in [5.74, 6) is 2.19. The number of amides is 1. The highest BCUT2D eigenvalue weighted by molar-refractivity contribution is 6.31. The number of nitrogens with one attached hydrogen (secondary N) is 2. The zero-order chi connectivity index (χ0) is 20.7. The molecule has 2 aliphatic rings. The van der Waals surface area contributed by atoms with Gasteiger partial charge in [-0.1, -0.05) is 11.6 Å². The van der Waals surface area contributed by atoms with Crippen LogP contribution in [0.2, 0.25) is 5.02 Å². The largest absolute Gasteiger partial charge is 0.491 e. The van der Waals surface area contributed by atoms with Gasteiger partial charge < -0.3 is 20.1 Å². The van der Waals surface area contributed by atoms with Crippen molar-refractivity contribution in [2.45, 2.75) is 0 Å². The number of ether oxygens (including phenoxy) is 2. The van der Waals surface area contributed by atoms with Crippen molar-refractivity contribution >= 4 is 46.1 Å². The number of rotatable bonds is 7. The van der Waals surface area contributed by atoms with Gasteiger partial charge in [0.2, 0.25) is 6.41 Å². The van der Waals surface area contributed by atoms with Crippen LogP contribution in [0.4, 0.5) is 21.6 Å². The maximum absolute atomic E-state index is 13.4. The molecule has 0 radical (unpaired) electrons. The molecule has 1 amide bonds. The second-order valence-corrected chi connectivity index (χ2v) is 7.85. The molecule has 9 heteroatoms. The summed E-state index contributed by atoms with van der Waals surface area (Å²) in [5, 5.41) is 6.48. The SMILES string of the molecule is O=CNc1cc2c(Nc3ccc(F)c(Cl)c3)ncnc2cc1OCC1C2COCC21. The zero-order valence-electron chi connectivity index (χ0n) is 15.8. The first kappa shape index (κ1) is 19.0. The molecule has 1 aromatic heterocycles. The van der Waals surface area contributed by atoms with Gasteiger partial charge >= 0.3 is 0 Å². The first-order valence-corrected chi connectivity index (χ1v) is 9.93. The molecule has 3 aromatic rings. The number of carbonyl (C=O) groups excluding carboxylic acids is 1. The van der Waals surface area contributed by atoms with Crippen LogP contribution >= 0.6 is 11.6 Å². The Balaban J connectivity index is 1.43. The van der Waals surface area contributed by atoms with E-state index in [1.807, 2.05) is 0 Å². The summed E-state index contributed by atoms with van der Waals surface area (Å²) >= 11 is 5.87. The summed E-state index contributed by atoms with van der Waals surface area (Å²) in [7, 11) is 0. The predicted octanol–water partition coefficient (Wildman–Crippen LogP) is 4.01. The average Bonchev–Trinajstić information content (AvgIpc) is 3.16. The van der Waals surface area contributed by atoms with E-state index in [0.717, 1.165) is 13.2 Å². The molecule has 5 rings (SSSR count). The molecule has 1 aliphatic carbocycles. The van der Waals surface area contributed by atoms with Gasteiger partial charge in [0.15, 0.2) is 0 Å². The molecule has 1 saturated heterocycles. The molecule has 30 heavy (non-hydrogen) atoms. The summed E-state index contributed by atoms with van der Waals surface area (Å²) in [5.41, 5.74) is 1.75. The molecule has 2 fully saturated rings. The quantitative estimate of drug-likeness (QED) is 0.553. The molecule has 2 heterocycles. The number of anilines is 3. The van der Waals surface area contributed by atoms with Gasteiger partial charge in [0.25, 0.3) is 0 Å². The van der Waals surface area contributed by atoms with Crippen LogP contribution < -0.4 is 15.4 Å². The van der Waals surface area contributed by atoms with Gasteiger partial charge in [-0.25, -0.2) is 14.4 Å². The van der Waals surface area contributed by atoms with Crippen LogP contribution in [-0.4, -0.2) is 36.2 Å². The normalized spacial score (nSPS) is 21.9. The van der Waals surface area contributed by atoms with Crippen molar-refractivity contribution in [1.82, 2.24) is 9.97 Å². The molecule has 1 saturated carbocycles. The summed E-state index contributed by atoms with van der Waals surface area (Å²) in [4.78, 5) is 19.7. The number of aromatic nitrogens is 2. The molecule has 1 aliphatic heterocycles. The van der Waals surface area contributed by atoms with Crippen molar-refractivity contribution in [3.8, 4) is 5.75 Å². The first-order valence-electron chi connectivity index (χ1n) is 9.55. The lowest BCUT2D eigenvalue weighted by atomic mass is 10.2. The maximum Gasteiger partial charge on any atom is 0.211 e. The monoisotopic (exact) mass is 428 g/mol. The van der Waals surface area contributed by atoms with Crippen molar-refractivity contribution < 1.29 is 18.7 Å². The third-order valence-electron chi connectivity index (χ3n) is 5.69. The van der Waals surface area contributed by atoms with E-state index in [-0.39, 0.29) is 5.02 Å². The summed E-state index contributed by atoms with van der Waals surface area (Å²) < 4.78 is 24.9. The van der Waals surface area contributed by atoms with Gasteiger partial charge in [0.05, 0.1) is 36.0 Å². The summed E-state index contributed by atoms with van der Waals surface area (Å²) in [6.45, 7) is 2.17. The Bertz CT molecular complexity index is 1120. The lowest BCUT2D eigenvalue weighted by molar-refractivity contribution is -0.105. The zero-order valence-corrected chi connectivity index (χ0v) is 16.5. The van der Waals surface area contributed by atoms with Crippen LogP contribution in [0.25, 0.3) is 10.9 Å². The highest BCUT2D eigenvalue weighted by Crippen LogP contribution is 2.51. The van der Waals surface area contributed by atoms with Gasteiger partial charge in [0, 0.05) is 23.1 Å². The van der Waals surface area contributed by atoms with Crippen molar-refractivity contribution in [3.63, 3.8) is 0 Å². The minimum absolute atomic E-state index is 0.00704. The minimum Gasteiger partial charge on any atom is -0.491 e. The minimum atomic E-state index is -0.500. The number of halogens is 2. The van der Waals surface area contributed by atoms with Crippen molar-refractivity contribution in [2.75, 3.05) is 30.5 Å². The van der Waals surface area contributed by atoms with E-state index in [9.17, 15) is 9.18 Å². The maximum atomic E-state index is 13.4. The smallest absolute Gasteiger partial charge is 0.211 e. The summed E-state index contributed by atoms with van der Waals surface area (Å²) in [6.07, 6.45) is 2.03. The Hall–Kier alpha value is -2.97. The predicted molar refractivity (Wildman–Crippen MR) is 111 cm³/mol. The Kier molecular flexibility index (Phi) is 4.88. The number of benzene rings is 2. The van der Waals surface area contributed by atoms with Crippen LogP contribution in [0.5, 0.6) is 5.75 Å². The average molecular weight is 429 g/mol. The number of nitrogens with zero attached hydrogens (tertiary/aromatic N) is 2. The second kappa shape index (κ2) is 7.70. The van der Waals surface area contributed by atoms with Crippen LogP contribution in [0.1, 0.15) is 0 Å². The highest BCUT2D eigenvalue weighted by atomic mass is 35.5. The molecular formula is C21H18ClFN4O3. The van der Waals surface area contributed by atoms with E-state index >= 15 is 0 Å². The molecule has 2 unspecified atom stereocenters. The van der Waals surface area contributed by atoms with Crippen molar-refractivity contribution in [3.05, 3.63) is 47.5 Å². The molecule has 0 spiro atoms. The molecule has 7 nitrogen and oxygen atoms in total. The fraction of sp³-hybridized carbons (Fsp3) is 0.286. The number of carbonyl (C=O) groups is 1. The summed E-state index contributed by atoms with van der Waals surface area (Å²) in [6, 6.07) is 7.85. The number of hydrogen-bond acceptors (Lipinski definition) is 6. The van der Waals surface area contributed by atoms with Crippen molar-refractivity contribution in [2.24, 2.45) is 17.8 Å². The topological polar surface area (TPSA) is 85.4 Å². The van der Waals surface area contributed by atoms with Crippen molar-refractivity contribution in [1.29, 1.82) is 0 Å². The van der Waals surface area contributed by atoms with E-state index in [1.165, 1.54) is 18.5 Å². The van der Waals surface area contributed by atoms with E-state index in [4.69, 9.17) is 21.1 Å². The molecule has 2 N–H and O–H groups in total. The van der Waals surface area contributed by atoms with Gasteiger partial charge in [-0.15, -0.1) is 0 Å². The highest BCUT2D eigenvalue weighted by Gasteiger charge is 2.54. The van der Waals surface area contributed by atoms with Crippen LogP contribution in [-0.2, 0) is 9.53 Å². The van der Waals surface area contributed by atoms with Crippen LogP contribution in [0.15, 0.2) is 36.7 Å². The van der Waals surface area contributed by atoms with E-state index in [1.54, 1.807) is 18.2 Å². The van der Waals surface area contributed by atoms with E-state index < -0.39 is 5.82 Å². The second-order valence-electron chi connectivity index (χ2n) is 7.44. The lowest BCUT2D eigenvalue weighted by Gasteiger charge is -2.14. The Labute approximate surface area is 176 Å². The fourth-order valence-corrected chi connectivity index (χ4v) is 4.16. The third kappa shape index (κ3) is 3.53. The Morgan fingerprint density at radius 2 is 2.07 bits per heavy atom. The Morgan fingerprint density at radius 3 is 2.83 bits per heavy atom. The fourth-order valence-electron chi connectivity index (χ4n) is 3.98. The lowest BCUT2D eigenvalue weighted by Crippen LogP contribution is -2.09. The molecule has 154 valence electrons. The van der Waals surface area contributed by atoms with Gasteiger partial charge in [-0.05, 0) is 36.1 Å². The standard InChI is InChI=1S/C21H18ClFN4O3/c22-16-3-11(1-2-17(16)23)27-21-12-4-19(26-10-28)20(5-18(12)24-9-25-21)30-8-15-13-6-29-7-14(13)15/h1-5,9-10,13-15H,6-8H2,(H,26,28)(H,24,25,27). The Morgan fingerprint density at radius 1 is 1.23 bits per heavy atom. The van der Waals surface area contributed by atoms with Crippen LogP contribution in [0.3, 0.4) is 0 Å². The van der Waals surface area contributed by atoms with E-state index in [2.05, 4.69) is 20.6 Å². The molecule has 2 aromatic carbocycles. The third-order valence-corrected chi connectivity index (χ3v) is 5.98. The number of hydrogen-bond donors (Lipinski definition) is 2. The molecular weight excluding hydrogens is 411 g/mol.